The predicted octanol–water partition coefficient (Wildman–Crippen LogP) is 4.47. The van der Waals surface area contributed by atoms with E-state index in [1.165, 1.54) is 12.1 Å². The van der Waals surface area contributed by atoms with Crippen LogP contribution in [-0.4, -0.2) is 6.61 Å². The number of anilines is 1. The molecule has 106 valence electrons. The van der Waals surface area contributed by atoms with Crippen molar-refractivity contribution in [3.8, 4) is 5.75 Å². The third-order valence-electron chi connectivity index (χ3n) is 2.85. The molecular formula is C17H20FNO. The molecular weight excluding hydrogens is 253 g/mol. The van der Waals surface area contributed by atoms with Crippen molar-refractivity contribution in [2.75, 3.05) is 11.9 Å². The Balaban J connectivity index is 2.02. The van der Waals surface area contributed by atoms with Crippen LogP contribution in [0, 0.1) is 11.7 Å². The molecule has 20 heavy (non-hydrogen) atoms. The second-order valence-electron chi connectivity index (χ2n) is 5.18. The van der Waals surface area contributed by atoms with Crippen molar-refractivity contribution in [3.63, 3.8) is 0 Å². The quantitative estimate of drug-likeness (QED) is 0.838. The summed E-state index contributed by atoms with van der Waals surface area (Å²) >= 11 is 0. The molecule has 0 spiro atoms. The van der Waals surface area contributed by atoms with Crippen LogP contribution in [0.2, 0.25) is 0 Å². The summed E-state index contributed by atoms with van der Waals surface area (Å²) in [4.78, 5) is 0. The van der Waals surface area contributed by atoms with E-state index in [0.717, 1.165) is 17.0 Å². The second-order valence-corrected chi connectivity index (χ2v) is 5.18. The van der Waals surface area contributed by atoms with Crippen molar-refractivity contribution in [1.82, 2.24) is 0 Å². The molecule has 0 bridgehead atoms. The van der Waals surface area contributed by atoms with Crippen LogP contribution < -0.4 is 10.1 Å². The molecule has 0 saturated carbocycles. The number of rotatable bonds is 6. The van der Waals surface area contributed by atoms with E-state index in [1.807, 2.05) is 30.3 Å². The van der Waals surface area contributed by atoms with Crippen molar-refractivity contribution in [2.45, 2.75) is 20.4 Å². The smallest absolute Gasteiger partial charge is 0.125 e. The van der Waals surface area contributed by atoms with Crippen molar-refractivity contribution in [3.05, 3.63) is 59.9 Å². The monoisotopic (exact) mass is 273 g/mol. The Kier molecular flexibility index (Phi) is 4.99. The molecule has 0 atom stereocenters. The van der Waals surface area contributed by atoms with Crippen LogP contribution in [-0.2, 0) is 6.54 Å². The van der Waals surface area contributed by atoms with Gasteiger partial charge in [0.25, 0.3) is 0 Å². The van der Waals surface area contributed by atoms with Crippen molar-refractivity contribution in [2.24, 2.45) is 5.92 Å². The molecule has 2 rings (SSSR count). The van der Waals surface area contributed by atoms with Gasteiger partial charge in [0.1, 0.15) is 11.6 Å². The van der Waals surface area contributed by atoms with Gasteiger partial charge in [-0.25, -0.2) is 4.39 Å². The number of halogens is 1. The molecule has 0 aliphatic rings. The van der Waals surface area contributed by atoms with Crippen LogP contribution in [0.5, 0.6) is 5.75 Å². The fraction of sp³-hybridized carbons (Fsp3) is 0.294. The largest absolute Gasteiger partial charge is 0.493 e. The molecule has 0 aliphatic heterocycles. The first-order valence-electron chi connectivity index (χ1n) is 6.85. The lowest BCUT2D eigenvalue weighted by atomic mass is 10.2. The molecule has 0 radical (unpaired) electrons. The van der Waals surface area contributed by atoms with Gasteiger partial charge in [-0.2, -0.15) is 0 Å². The SMILES string of the molecule is CC(C)COc1ccccc1CNc1cccc(F)c1. The molecule has 0 fully saturated rings. The summed E-state index contributed by atoms with van der Waals surface area (Å²) in [6, 6.07) is 14.4. The van der Waals surface area contributed by atoms with Crippen LogP contribution in [0.25, 0.3) is 0 Å². The number of ether oxygens (including phenoxy) is 1. The highest BCUT2D eigenvalue weighted by Crippen LogP contribution is 2.20. The van der Waals surface area contributed by atoms with E-state index >= 15 is 0 Å². The average Bonchev–Trinajstić information content (AvgIpc) is 2.44. The molecule has 0 aliphatic carbocycles. The number of benzene rings is 2. The Hall–Kier alpha value is -2.03. The summed E-state index contributed by atoms with van der Waals surface area (Å²) in [5.74, 6) is 1.13. The van der Waals surface area contributed by atoms with E-state index < -0.39 is 0 Å². The van der Waals surface area contributed by atoms with E-state index in [2.05, 4.69) is 19.2 Å². The maximum Gasteiger partial charge on any atom is 0.125 e. The summed E-state index contributed by atoms with van der Waals surface area (Å²) < 4.78 is 18.9. The van der Waals surface area contributed by atoms with Gasteiger partial charge in [-0.15, -0.1) is 0 Å². The molecule has 0 aromatic heterocycles. The first-order valence-corrected chi connectivity index (χ1v) is 6.85. The molecule has 2 aromatic carbocycles. The van der Waals surface area contributed by atoms with Gasteiger partial charge in [0.05, 0.1) is 6.61 Å². The van der Waals surface area contributed by atoms with Crippen molar-refractivity contribution < 1.29 is 9.13 Å². The molecule has 0 amide bonds. The fourth-order valence-corrected chi connectivity index (χ4v) is 1.84. The van der Waals surface area contributed by atoms with Gasteiger partial charge >= 0.3 is 0 Å². The zero-order chi connectivity index (χ0) is 14.4. The molecule has 2 nitrogen and oxygen atoms in total. The first-order chi connectivity index (χ1) is 9.65. The van der Waals surface area contributed by atoms with E-state index in [4.69, 9.17) is 4.74 Å². The third kappa shape index (κ3) is 4.26. The van der Waals surface area contributed by atoms with Crippen molar-refractivity contribution >= 4 is 5.69 Å². The number of hydrogen-bond donors (Lipinski definition) is 1. The van der Waals surface area contributed by atoms with E-state index in [-0.39, 0.29) is 5.82 Å². The summed E-state index contributed by atoms with van der Waals surface area (Å²) in [5.41, 5.74) is 1.83. The van der Waals surface area contributed by atoms with Crippen LogP contribution in [0.3, 0.4) is 0 Å². The molecule has 1 N–H and O–H groups in total. The van der Waals surface area contributed by atoms with Crippen LogP contribution in [0.4, 0.5) is 10.1 Å². The summed E-state index contributed by atoms with van der Waals surface area (Å²) in [6.07, 6.45) is 0. The van der Waals surface area contributed by atoms with Gasteiger partial charge in [-0.1, -0.05) is 38.1 Å². The minimum atomic E-state index is -0.237. The summed E-state index contributed by atoms with van der Waals surface area (Å²) in [6.45, 7) is 5.54. The molecule has 0 heterocycles. The highest BCUT2D eigenvalue weighted by Gasteiger charge is 2.04. The Labute approximate surface area is 119 Å². The minimum absolute atomic E-state index is 0.237. The highest BCUT2D eigenvalue weighted by molar-refractivity contribution is 5.45. The standard InChI is InChI=1S/C17H20FNO/c1-13(2)12-20-17-9-4-3-6-14(17)11-19-16-8-5-7-15(18)10-16/h3-10,13,19H,11-12H2,1-2H3. The van der Waals surface area contributed by atoms with Crippen LogP contribution in [0.15, 0.2) is 48.5 Å². The Bertz CT molecular complexity index is 554. The predicted molar refractivity (Wildman–Crippen MR) is 80.5 cm³/mol. The lowest BCUT2D eigenvalue weighted by Crippen LogP contribution is -2.08. The van der Waals surface area contributed by atoms with Gasteiger partial charge < -0.3 is 10.1 Å². The Morgan fingerprint density at radius 1 is 1.10 bits per heavy atom. The second kappa shape index (κ2) is 6.94. The zero-order valence-electron chi connectivity index (χ0n) is 11.9. The first kappa shape index (κ1) is 14.4. The Morgan fingerprint density at radius 3 is 2.65 bits per heavy atom. The van der Waals surface area contributed by atoms with Crippen LogP contribution >= 0.6 is 0 Å². The lowest BCUT2D eigenvalue weighted by molar-refractivity contribution is 0.269. The van der Waals surface area contributed by atoms with E-state index in [1.54, 1.807) is 6.07 Å². The van der Waals surface area contributed by atoms with Crippen LogP contribution in [0.1, 0.15) is 19.4 Å². The summed E-state index contributed by atoms with van der Waals surface area (Å²) in [7, 11) is 0. The lowest BCUT2D eigenvalue weighted by Gasteiger charge is -2.14. The third-order valence-corrected chi connectivity index (χ3v) is 2.85. The molecule has 3 heteroatoms. The van der Waals surface area contributed by atoms with Gasteiger partial charge in [-0.05, 0) is 30.2 Å². The van der Waals surface area contributed by atoms with Gasteiger partial charge in [0, 0.05) is 17.8 Å². The van der Waals surface area contributed by atoms with Gasteiger partial charge in [0.15, 0.2) is 0 Å². The van der Waals surface area contributed by atoms with Gasteiger partial charge in [0.2, 0.25) is 0 Å². The maximum atomic E-state index is 13.1. The topological polar surface area (TPSA) is 21.3 Å². The van der Waals surface area contributed by atoms with Crippen molar-refractivity contribution in [1.29, 1.82) is 0 Å². The molecule has 0 saturated heterocycles. The molecule has 0 unspecified atom stereocenters. The number of para-hydroxylation sites is 1. The van der Waals surface area contributed by atoms with E-state index in [0.29, 0.717) is 19.1 Å². The summed E-state index contributed by atoms with van der Waals surface area (Å²) in [5, 5.41) is 3.21. The highest BCUT2D eigenvalue weighted by atomic mass is 19.1. The Morgan fingerprint density at radius 2 is 1.90 bits per heavy atom. The normalized spacial score (nSPS) is 10.6. The molecule has 2 aromatic rings. The zero-order valence-corrected chi connectivity index (χ0v) is 11.9. The number of nitrogens with one attached hydrogen (secondary N) is 1. The maximum absolute atomic E-state index is 13.1. The fourth-order valence-electron chi connectivity index (χ4n) is 1.84. The van der Waals surface area contributed by atoms with E-state index in [9.17, 15) is 4.39 Å². The number of hydrogen-bond acceptors (Lipinski definition) is 2. The minimum Gasteiger partial charge on any atom is -0.493 e. The average molecular weight is 273 g/mol. The van der Waals surface area contributed by atoms with Gasteiger partial charge in [-0.3, -0.25) is 0 Å².